The van der Waals surface area contributed by atoms with Gasteiger partial charge in [0.25, 0.3) is 0 Å². The van der Waals surface area contributed by atoms with Crippen molar-refractivity contribution in [2.75, 3.05) is 25.9 Å². The first-order valence-electron chi connectivity index (χ1n) is 5.90. The van der Waals surface area contributed by atoms with Gasteiger partial charge in [0.15, 0.2) is 9.84 Å². The molecular weight excluding hydrogens is 290 g/mol. The molecule has 0 aliphatic heterocycles. The summed E-state index contributed by atoms with van der Waals surface area (Å²) in [6.07, 6.45) is 0.524. The minimum Gasteiger partial charge on any atom is -0.345 e. The standard InChI is InChI=1S/C12H16F2N2O3S/c1-16(6-2-5-15)12(17)8-20(18,19)11-7-9(13)3-4-10(11)14/h3-4,7H,2,5-6,8,15H2,1H3. The number of amides is 1. The fourth-order valence-corrected chi connectivity index (χ4v) is 2.88. The van der Waals surface area contributed by atoms with Crippen molar-refractivity contribution in [2.45, 2.75) is 11.3 Å². The van der Waals surface area contributed by atoms with Crippen molar-refractivity contribution >= 4 is 15.7 Å². The van der Waals surface area contributed by atoms with Gasteiger partial charge in [-0.15, -0.1) is 0 Å². The predicted octanol–water partition coefficient (Wildman–Crippen LogP) is 0.546. The third kappa shape index (κ3) is 4.24. The number of hydrogen-bond donors (Lipinski definition) is 1. The molecule has 0 atom stereocenters. The lowest BCUT2D eigenvalue weighted by Gasteiger charge is -2.16. The molecule has 0 spiro atoms. The maximum Gasteiger partial charge on any atom is 0.237 e. The van der Waals surface area contributed by atoms with Crippen molar-refractivity contribution in [3.63, 3.8) is 0 Å². The van der Waals surface area contributed by atoms with Gasteiger partial charge in [-0.1, -0.05) is 0 Å². The number of carbonyl (C=O) groups excluding carboxylic acids is 1. The first-order valence-corrected chi connectivity index (χ1v) is 7.55. The van der Waals surface area contributed by atoms with Crippen LogP contribution < -0.4 is 5.73 Å². The van der Waals surface area contributed by atoms with Crippen molar-refractivity contribution in [1.29, 1.82) is 0 Å². The maximum absolute atomic E-state index is 13.4. The van der Waals surface area contributed by atoms with Crippen LogP contribution in [-0.4, -0.2) is 45.1 Å². The molecule has 0 heterocycles. The topological polar surface area (TPSA) is 80.5 Å². The van der Waals surface area contributed by atoms with Crippen LogP contribution in [0.25, 0.3) is 0 Å². The monoisotopic (exact) mass is 306 g/mol. The minimum atomic E-state index is -4.22. The van der Waals surface area contributed by atoms with E-state index in [4.69, 9.17) is 5.73 Å². The molecule has 2 N–H and O–H groups in total. The average Bonchev–Trinajstić information content (AvgIpc) is 2.38. The Labute approximate surface area is 116 Å². The van der Waals surface area contributed by atoms with E-state index in [2.05, 4.69) is 0 Å². The van der Waals surface area contributed by atoms with Crippen LogP contribution in [0, 0.1) is 11.6 Å². The van der Waals surface area contributed by atoms with E-state index in [-0.39, 0.29) is 0 Å². The van der Waals surface area contributed by atoms with Crippen LogP contribution in [0.15, 0.2) is 23.1 Å². The molecule has 1 aromatic rings. The van der Waals surface area contributed by atoms with E-state index in [0.29, 0.717) is 31.6 Å². The van der Waals surface area contributed by atoms with Crippen molar-refractivity contribution in [3.8, 4) is 0 Å². The molecule has 112 valence electrons. The van der Waals surface area contributed by atoms with E-state index >= 15 is 0 Å². The van der Waals surface area contributed by atoms with E-state index in [9.17, 15) is 22.0 Å². The van der Waals surface area contributed by atoms with Gasteiger partial charge in [0, 0.05) is 13.6 Å². The lowest BCUT2D eigenvalue weighted by atomic mass is 10.3. The molecule has 0 aliphatic rings. The SMILES string of the molecule is CN(CCCN)C(=O)CS(=O)(=O)c1cc(F)ccc1F. The zero-order valence-electron chi connectivity index (χ0n) is 11.0. The van der Waals surface area contributed by atoms with Crippen LogP contribution >= 0.6 is 0 Å². The van der Waals surface area contributed by atoms with Crippen molar-refractivity contribution < 1.29 is 22.0 Å². The second kappa shape index (κ2) is 6.76. The van der Waals surface area contributed by atoms with Crippen LogP contribution in [-0.2, 0) is 14.6 Å². The van der Waals surface area contributed by atoms with Gasteiger partial charge in [-0.3, -0.25) is 4.79 Å². The third-order valence-corrected chi connectivity index (χ3v) is 4.28. The molecule has 0 fully saturated rings. The first kappa shape index (κ1) is 16.5. The first-order chi connectivity index (χ1) is 9.27. The molecule has 0 saturated heterocycles. The van der Waals surface area contributed by atoms with Gasteiger partial charge in [-0.2, -0.15) is 0 Å². The Morgan fingerprint density at radius 1 is 1.35 bits per heavy atom. The average molecular weight is 306 g/mol. The van der Waals surface area contributed by atoms with Gasteiger partial charge >= 0.3 is 0 Å². The summed E-state index contributed by atoms with van der Waals surface area (Å²) >= 11 is 0. The highest BCUT2D eigenvalue weighted by molar-refractivity contribution is 7.92. The second-order valence-electron chi connectivity index (χ2n) is 4.29. The number of nitrogens with two attached hydrogens (primary N) is 1. The summed E-state index contributed by atoms with van der Waals surface area (Å²) in [5.74, 6) is -3.56. The van der Waals surface area contributed by atoms with Crippen LogP contribution in [0.1, 0.15) is 6.42 Å². The van der Waals surface area contributed by atoms with E-state index in [1.54, 1.807) is 0 Å². The molecule has 0 saturated carbocycles. The molecule has 0 aliphatic carbocycles. The molecule has 0 unspecified atom stereocenters. The van der Waals surface area contributed by atoms with Gasteiger partial charge < -0.3 is 10.6 Å². The van der Waals surface area contributed by atoms with Crippen molar-refractivity contribution in [1.82, 2.24) is 4.90 Å². The summed E-state index contributed by atoms with van der Waals surface area (Å²) in [4.78, 5) is 12.1. The third-order valence-electron chi connectivity index (χ3n) is 2.67. The Kier molecular flexibility index (Phi) is 5.58. The molecule has 0 bridgehead atoms. The highest BCUT2D eigenvalue weighted by Crippen LogP contribution is 2.17. The van der Waals surface area contributed by atoms with Gasteiger partial charge in [-0.25, -0.2) is 17.2 Å². The summed E-state index contributed by atoms with van der Waals surface area (Å²) in [5, 5.41) is 0. The molecule has 20 heavy (non-hydrogen) atoms. The number of halogens is 2. The van der Waals surface area contributed by atoms with Crippen LogP contribution in [0.4, 0.5) is 8.78 Å². The lowest BCUT2D eigenvalue weighted by molar-refractivity contribution is -0.127. The normalized spacial score (nSPS) is 11.4. The van der Waals surface area contributed by atoms with Crippen molar-refractivity contribution in [3.05, 3.63) is 29.8 Å². The zero-order valence-corrected chi connectivity index (χ0v) is 11.8. The Hall–Kier alpha value is -1.54. The van der Waals surface area contributed by atoms with E-state index in [0.717, 1.165) is 6.07 Å². The smallest absolute Gasteiger partial charge is 0.237 e. The Morgan fingerprint density at radius 2 is 2.00 bits per heavy atom. The largest absolute Gasteiger partial charge is 0.345 e. The quantitative estimate of drug-likeness (QED) is 0.832. The van der Waals surface area contributed by atoms with Gasteiger partial charge in [-0.05, 0) is 31.2 Å². The second-order valence-corrected chi connectivity index (χ2v) is 6.25. The molecule has 1 amide bonds. The van der Waals surface area contributed by atoms with Crippen LogP contribution in [0.2, 0.25) is 0 Å². The minimum absolute atomic E-state index is 0.302. The summed E-state index contributed by atoms with van der Waals surface area (Å²) < 4.78 is 50.3. The predicted molar refractivity (Wildman–Crippen MR) is 69.7 cm³/mol. The molecule has 1 rings (SSSR count). The van der Waals surface area contributed by atoms with E-state index < -0.39 is 38.0 Å². The van der Waals surface area contributed by atoms with Crippen LogP contribution in [0.3, 0.4) is 0 Å². The zero-order chi connectivity index (χ0) is 15.3. The Morgan fingerprint density at radius 3 is 2.60 bits per heavy atom. The number of hydrogen-bond acceptors (Lipinski definition) is 4. The van der Waals surface area contributed by atoms with E-state index in [1.807, 2.05) is 0 Å². The molecular formula is C12H16F2N2O3S. The van der Waals surface area contributed by atoms with Crippen molar-refractivity contribution in [2.24, 2.45) is 5.73 Å². The van der Waals surface area contributed by atoms with Gasteiger partial charge in [0.05, 0.1) is 0 Å². The molecule has 8 heteroatoms. The summed E-state index contributed by atoms with van der Waals surface area (Å²) in [5.41, 5.74) is 5.28. The molecule has 0 radical (unpaired) electrons. The van der Waals surface area contributed by atoms with Crippen LogP contribution in [0.5, 0.6) is 0 Å². The van der Waals surface area contributed by atoms with Gasteiger partial charge in [0.2, 0.25) is 5.91 Å². The number of sulfone groups is 1. The summed E-state index contributed by atoms with van der Waals surface area (Å²) in [6, 6.07) is 2.09. The summed E-state index contributed by atoms with van der Waals surface area (Å²) in [7, 11) is -2.79. The molecule has 5 nitrogen and oxygen atoms in total. The van der Waals surface area contributed by atoms with Gasteiger partial charge in [0.1, 0.15) is 22.3 Å². The molecule has 0 aromatic heterocycles. The fraction of sp³-hybridized carbons (Fsp3) is 0.417. The Bertz CT molecular complexity index is 590. The highest BCUT2D eigenvalue weighted by Gasteiger charge is 2.25. The fourth-order valence-electron chi connectivity index (χ4n) is 1.52. The lowest BCUT2D eigenvalue weighted by Crippen LogP contribution is -2.34. The number of nitrogens with zero attached hydrogens (tertiary/aromatic N) is 1. The molecule has 1 aromatic carbocycles. The summed E-state index contributed by atoms with van der Waals surface area (Å²) in [6.45, 7) is 0.666. The number of benzene rings is 1. The number of carbonyl (C=O) groups is 1. The maximum atomic E-state index is 13.4. The Balaban J connectivity index is 2.90. The number of rotatable bonds is 6. The van der Waals surface area contributed by atoms with E-state index in [1.165, 1.54) is 11.9 Å². The highest BCUT2D eigenvalue weighted by atomic mass is 32.2.